The second-order valence-electron chi connectivity index (χ2n) is 4.11. The van der Waals surface area contributed by atoms with Gasteiger partial charge in [0, 0.05) is 18.5 Å². The number of benzene rings is 1. The summed E-state index contributed by atoms with van der Waals surface area (Å²) in [4.78, 5) is 19.4. The monoisotopic (exact) mass is 310 g/mol. The van der Waals surface area contributed by atoms with Crippen LogP contribution in [0.4, 0.5) is 5.82 Å². The summed E-state index contributed by atoms with van der Waals surface area (Å²) in [7, 11) is 0. The third kappa shape index (κ3) is 4.16. The van der Waals surface area contributed by atoms with E-state index in [1.54, 1.807) is 0 Å². The van der Waals surface area contributed by atoms with Crippen LogP contribution in [0.5, 0.6) is 0 Å². The minimum Gasteiger partial charge on any atom is -0.324 e. The fraction of sp³-hybridized carbons (Fsp3) is 0.154. The zero-order valence-electron chi connectivity index (χ0n) is 10.4. The lowest BCUT2D eigenvalue weighted by Gasteiger charge is -2.11. The number of carbonyl (C=O) groups excluding carboxylic acids is 1. The molecule has 0 aliphatic rings. The molecule has 0 saturated carbocycles. The highest BCUT2D eigenvalue weighted by Crippen LogP contribution is 2.17. The zero-order valence-corrected chi connectivity index (χ0v) is 11.9. The van der Waals surface area contributed by atoms with Gasteiger partial charge in [0.1, 0.15) is 11.0 Å². The number of nitrogens with one attached hydrogen (secondary N) is 1. The highest BCUT2D eigenvalue weighted by Gasteiger charge is 2.12. The largest absolute Gasteiger partial charge is 0.324 e. The molecule has 0 saturated heterocycles. The van der Waals surface area contributed by atoms with Gasteiger partial charge in [-0.25, -0.2) is 9.97 Å². The van der Waals surface area contributed by atoms with Crippen LogP contribution in [-0.4, -0.2) is 15.9 Å². The van der Waals surface area contributed by atoms with Crippen molar-refractivity contribution in [1.82, 2.24) is 9.97 Å². The van der Waals surface area contributed by atoms with E-state index in [1.807, 2.05) is 30.3 Å². The second kappa shape index (κ2) is 6.65. The molecule has 7 heteroatoms. The van der Waals surface area contributed by atoms with Gasteiger partial charge in [0.05, 0.1) is 0 Å². The van der Waals surface area contributed by atoms with Crippen LogP contribution in [0.1, 0.15) is 18.0 Å². The number of nitrogens with two attached hydrogens (primary N) is 1. The molecule has 0 aliphatic heterocycles. The van der Waals surface area contributed by atoms with Crippen molar-refractivity contribution in [3.8, 4) is 0 Å². The zero-order chi connectivity index (χ0) is 14.5. The van der Waals surface area contributed by atoms with Crippen molar-refractivity contribution in [3.63, 3.8) is 0 Å². The Labute approximate surface area is 126 Å². The Balaban J connectivity index is 1.99. The molecule has 1 unspecified atom stereocenters. The van der Waals surface area contributed by atoms with Crippen LogP contribution in [0, 0.1) is 0 Å². The number of hydrogen-bond donors (Lipinski definition) is 2. The van der Waals surface area contributed by atoms with Crippen LogP contribution < -0.4 is 11.1 Å². The molecule has 0 radical (unpaired) electrons. The van der Waals surface area contributed by atoms with E-state index in [2.05, 4.69) is 15.3 Å². The first-order chi connectivity index (χ1) is 9.54. The summed E-state index contributed by atoms with van der Waals surface area (Å²) in [5.74, 6) is -0.0209. The molecule has 2 rings (SSSR count). The van der Waals surface area contributed by atoms with E-state index < -0.39 is 0 Å². The first-order valence-corrected chi connectivity index (χ1v) is 6.60. The fourth-order valence-corrected chi connectivity index (χ4v) is 2.07. The summed E-state index contributed by atoms with van der Waals surface area (Å²) in [6, 6.07) is 10.4. The van der Waals surface area contributed by atoms with Gasteiger partial charge in [-0.05, 0) is 17.2 Å². The molecule has 5 nitrogen and oxygen atoms in total. The Morgan fingerprint density at radius 3 is 2.60 bits per heavy atom. The molecule has 1 atom stereocenters. The first-order valence-electron chi connectivity index (χ1n) is 5.85. The van der Waals surface area contributed by atoms with E-state index >= 15 is 0 Å². The van der Waals surface area contributed by atoms with Crippen molar-refractivity contribution in [2.45, 2.75) is 12.5 Å². The first kappa shape index (κ1) is 14.7. The van der Waals surface area contributed by atoms with Crippen LogP contribution in [0.15, 0.2) is 36.4 Å². The molecular weight excluding hydrogens is 299 g/mol. The van der Waals surface area contributed by atoms with Gasteiger partial charge in [-0.2, -0.15) is 0 Å². The molecule has 0 fully saturated rings. The van der Waals surface area contributed by atoms with Crippen LogP contribution in [-0.2, 0) is 4.79 Å². The maximum atomic E-state index is 11.9. The Morgan fingerprint density at radius 1 is 1.25 bits per heavy atom. The van der Waals surface area contributed by atoms with Gasteiger partial charge in [-0.3, -0.25) is 4.79 Å². The predicted molar refractivity (Wildman–Crippen MR) is 78.7 cm³/mol. The average molecular weight is 311 g/mol. The molecule has 1 aromatic heterocycles. The van der Waals surface area contributed by atoms with Gasteiger partial charge in [0.15, 0.2) is 0 Å². The number of nitrogens with zero attached hydrogens (tertiary/aromatic N) is 2. The standard InChI is InChI=1S/C13H12Cl2N4O/c14-10-7-11(19-13(15)17-10)18-12(20)6-9(16)8-4-2-1-3-5-8/h1-5,7,9H,6,16H2,(H,17,18,19,20). The lowest BCUT2D eigenvalue weighted by molar-refractivity contribution is -0.116. The molecule has 20 heavy (non-hydrogen) atoms. The normalized spacial score (nSPS) is 11.9. The summed E-state index contributed by atoms with van der Waals surface area (Å²) in [5, 5.41) is 2.72. The molecule has 1 heterocycles. The third-order valence-corrected chi connectivity index (χ3v) is 2.93. The SMILES string of the molecule is NC(CC(=O)Nc1cc(Cl)nc(Cl)n1)c1ccccc1. The van der Waals surface area contributed by atoms with Crippen molar-refractivity contribution in [3.05, 3.63) is 52.4 Å². The van der Waals surface area contributed by atoms with E-state index in [0.717, 1.165) is 5.56 Å². The highest BCUT2D eigenvalue weighted by molar-refractivity contribution is 6.32. The smallest absolute Gasteiger partial charge is 0.227 e. The summed E-state index contributed by atoms with van der Waals surface area (Å²) in [5.41, 5.74) is 6.85. The van der Waals surface area contributed by atoms with Gasteiger partial charge in [0.25, 0.3) is 0 Å². The van der Waals surface area contributed by atoms with E-state index in [9.17, 15) is 4.79 Å². The number of halogens is 2. The minimum atomic E-state index is -0.385. The van der Waals surface area contributed by atoms with E-state index in [4.69, 9.17) is 28.9 Å². The summed E-state index contributed by atoms with van der Waals surface area (Å²) >= 11 is 11.4. The lowest BCUT2D eigenvalue weighted by atomic mass is 10.0. The Hall–Kier alpha value is -1.69. The molecule has 0 spiro atoms. The highest BCUT2D eigenvalue weighted by atomic mass is 35.5. The number of carbonyl (C=O) groups is 1. The molecule has 104 valence electrons. The van der Waals surface area contributed by atoms with Gasteiger partial charge in [-0.1, -0.05) is 41.9 Å². The van der Waals surface area contributed by atoms with Crippen molar-refractivity contribution in [1.29, 1.82) is 0 Å². The number of rotatable bonds is 4. The maximum absolute atomic E-state index is 11.9. The van der Waals surface area contributed by atoms with Crippen LogP contribution in [0.2, 0.25) is 10.4 Å². The van der Waals surface area contributed by atoms with Gasteiger partial charge in [0.2, 0.25) is 11.2 Å². The second-order valence-corrected chi connectivity index (χ2v) is 4.84. The quantitative estimate of drug-likeness (QED) is 0.672. The number of hydrogen-bond acceptors (Lipinski definition) is 4. The van der Waals surface area contributed by atoms with Crippen molar-refractivity contribution in [2.24, 2.45) is 5.73 Å². The third-order valence-electron chi connectivity index (χ3n) is 2.57. The molecule has 1 amide bonds. The molecule has 0 bridgehead atoms. The average Bonchev–Trinajstić information content (AvgIpc) is 2.38. The number of amides is 1. The molecular formula is C13H12Cl2N4O. The number of anilines is 1. The van der Waals surface area contributed by atoms with Crippen LogP contribution in [0.25, 0.3) is 0 Å². The van der Waals surface area contributed by atoms with Gasteiger partial charge in [-0.15, -0.1) is 0 Å². The van der Waals surface area contributed by atoms with Crippen LogP contribution >= 0.6 is 23.2 Å². The summed E-state index contributed by atoms with van der Waals surface area (Å²) in [6.45, 7) is 0. The molecule has 3 N–H and O–H groups in total. The van der Waals surface area contributed by atoms with Gasteiger partial charge >= 0.3 is 0 Å². The topological polar surface area (TPSA) is 80.9 Å². The van der Waals surface area contributed by atoms with Crippen LogP contribution in [0.3, 0.4) is 0 Å². The van der Waals surface area contributed by atoms with Crippen molar-refractivity contribution in [2.75, 3.05) is 5.32 Å². The molecule has 1 aromatic carbocycles. The van der Waals surface area contributed by atoms with Crippen molar-refractivity contribution >= 4 is 34.9 Å². The van der Waals surface area contributed by atoms with Crippen molar-refractivity contribution < 1.29 is 4.79 Å². The fourth-order valence-electron chi connectivity index (χ4n) is 1.67. The Kier molecular flexibility index (Phi) is 4.89. The number of aromatic nitrogens is 2. The maximum Gasteiger partial charge on any atom is 0.227 e. The van der Waals surface area contributed by atoms with E-state index in [1.165, 1.54) is 6.07 Å². The van der Waals surface area contributed by atoms with E-state index in [-0.39, 0.29) is 34.6 Å². The minimum absolute atomic E-state index is 0.0276. The van der Waals surface area contributed by atoms with E-state index in [0.29, 0.717) is 0 Å². The summed E-state index contributed by atoms with van der Waals surface area (Å²) in [6.07, 6.45) is 0.128. The summed E-state index contributed by atoms with van der Waals surface area (Å²) < 4.78 is 0. The Morgan fingerprint density at radius 2 is 1.95 bits per heavy atom. The predicted octanol–water partition coefficient (Wildman–Crippen LogP) is 2.81. The lowest BCUT2D eigenvalue weighted by Crippen LogP contribution is -2.21. The molecule has 2 aromatic rings. The Bertz CT molecular complexity index is 586. The van der Waals surface area contributed by atoms with Gasteiger partial charge < -0.3 is 11.1 Å². The molecule has 0 aliphatic carbocycles.